The third-order valence-electron chi connectivity index (χ3n) is 8.52. The Morgan fingerprint density at radius 2 is 1.57 bits per heavy atom. The minimum Gasteiger partial charge on any atom is -0.393 e. The van der Waals surface area contributed by atoms with Crippen LogP contribution in [-0.4, -0.2) is 16.6 Å². The van der Waals surface area contributed by atoms with E-state index in [0.717, 1.165) is 36.5 Å². The molecule has 4 aliphatic rings. The molecule has 8 atom stereocenters. The Kier molecular flexibility index (Phi) is 3.44. The van der Waals surface area contributed by atoms with Crippen molar-refractivity contribution in [2.45, 2.75) is 83.1 Å². The summed E-state index contributed by atoms with van der Waals surface area (Å²) in [6.45, 7) is 5.05. The molecule has 5 unspecified atom stereocenters. The zero-order valence-corrected chi connectivity index (χ0v) is 14.4. The zero-order valence-electron chi connectivity index (χ0n) is 13.7. The van der Waals surface area contributed by atoms with Crippen LogP contribution in [0, 0.1) is 34.5 Å². The lowest BCUT2D eigenvalue weighted by Gasteiger charge is -2.60. The van der Waals surface area contributed by atoms with E-state index in [1.54, 1.807) is 0 Å². The molecule has 0 aromatic carbocycles. The smallest absolute Gasteiger partial charge is 0.0543 e. The molecule has 4 aliphatic carbocycles. The van der Waals surface area contributed by atoms with E-state index in [9.17, 15) is 5.11 Å². The molecule has 1 nitrogen and oxygen atoms in total. The molecule has 0 aromatic heterocycles. The van der Waals surface area contributed by atoms with Gasteiger partial charge in [-0.25, -0.2) is 0 Å². The highest BCUT2D eigenvalue weighted by Crippen LogP contribution is 2.66. The molecule has 0 bridgehead atoms. The first-order valence-corrected chi connectivity index (χ1v) is 9.71. The van der Waals surface area contributed by atoms with Gasteiger partial charge >= 0.3 is 0 Å². The maximum absolute atomic E-state index is 10.1. The van der Waals surface area contributed by atoms with Gasteiger partial charge in [0.05, 0.1) is 6.10 Å². The van der Waals surface area contributed by atoms with E-state index in [-0.39, 0.29) is 6.10 Å². The lowest BCUT2D eigenvalue weighted by molar-refractivity contribution is -0.120. The van der Waals surface area contributed by atoms with E-state index < -0.39 is 0 Å². The molecule has 120 valence electrons. The summed E-state index contributed by atoms with van der Waals surface area (Å²) in [6.07, 6.45) is 11.5. The van der Waals surface area contributed by atoms with Crippen molar-refractivity contribution in [3.63, 3.8) is 0 Å². The number of aliphatic hydroxyl groups is 1. The van der Waals surface area contributed by atoms with Gasteiger partial charge in [0.1, 0.15) is 0 Å². The highest BCUT2D eigenvalue weighted by atomic mass is 35.5. The first kappa shape index (κ1) is 14.8. The van der Waals surface area contributed by atoms with Crippen LogP contribution in [0.1, 0.15) is 71.6 Å². The Hall–Kier alpha value is 0.250. The molecule has 4 rings (SSSR count). The number of fused-ring (bicyclic) bond motifs is 5. The molecule has 0 radical (unpaired) electrons. The lowest BCUT2D eigenvalue weighted by atomic mass is 9.45. The summed E-state index contributed by atoms with van der Waals surface area (Å²) < 4.78 is 0. The number of rotatable bonds is 0. The lowest BCUT2D eigenvalue weighted by Crippen LogP contribution is -2.54. The van der Waals surface area contributed by atoms with Crippen LogP contribution in [0.25, 0.3) is 0 Å². The fraction of sp³-hybridized carbons (Fsp3) is 1.00. The van der Waals surface area contributed by atoms with Crippen LogP contribution in [0.4, 0.5) is 0 Å². The topological polar surface area (TPSA) is 20.2 Å². The monoisotopic (exact) mass is 310 g/mol. The van der Waals surface area contributed by atoms with Gasteiger partial charge in [-0.1, -0.05) is 13.8 Å². The first-order valence-electron chi connectivity index (χ1n) is 9.27. The van der Waals surface area contributed by atoms with Gasteiger partial charge < -0.3 is 5.11 Å². The van der Waals surface area contributed by atoms with E-state index in [1.807, 2.05) is 0 Å². The summed E-state index contributed by atoms with van der Waals surface area (Å²) in [5, 5.41) is 10.5. The van der Waals surface area contributed by atoms with E-state index >= 15 is 0 Å². The maximum atomic E-state index is 10.1. The fourth-order valence-corrected chi connectivity index (χ4v) is 7.57. The molecule has 2 heteroatoms. The van der Waals surface area contributed by atoms with Crippen molar-refractivity contribution >= 4 is 11.6 Å². The summed E-state index contributed by atoms with van der Waals surface area (Å²) in [5.74, 6) is 3.48. The van der Waals surface area contributed by atoms with Gasteiger partial charge in [0.2, 0.25) is 0 Å². The van der Waals surface area contributed by atoms with Crippen LogP contribution in [0.15, 0.2) is 0 Å². The van der Waals surface area contributed by atoms with E-state index in [2.05, 4.69) is 13.8 Å². The van der Waals surface area contributed by atoms with Gasteiger partial charge in [0, 0.05) is 5.38 Å². The van der Waals surface area contributed by atoms with Crippen molar-refractivity contribution in [1.29, 1.82) is 0 Å². The molecule has 21 heavy (non-hydrogen) atoms. The minimum absolute atomic E-state index is 0.0211. The molecule has 1 N–H and O–H groups in total. The third kappa shape index (κ3) is 1.99. The fourth-order valence-electron chi connectivity index (χ4n) is 7.17. The van der Waals surface area contributed by atoms with Gasteiger partial charge in [-0.2, -0.15) is 0 Å². The van der Waals surface area contributed by atoms with Crippen LogP contribution < -0.4 is 0 Å². The second-order valence-electron chi connectivity index (χ2n) is 9.17. The molecule has 0 saturated heterocycles. The average Bonchev–Trinajstić information content (AvgIpc) is 2.76. The zero-order chi connectivity index (χ0) is 14.8. The van der Waals surface area contributed by atoms with Crippen molar-refractivity contribution in [2.24, 2.45) is 34.5 Å². The highest BCUT2D eigenvalue weighted by Gasteiger charge is 2.59. The van der Waals surface area contributed by atoms with Crippen LogP contribution in [0.5, 0.6) is 0 Å². The van der Waals surface area contributed by atoms with Crippen LogP contribution in [0.2, 0.25) is 0 Å². The van der Waals surface area contributed by atoms with E-state index in [4.69, 9.17) is 11.6 Å². The van der Waals surface area contributed by atoms with Gasteiger partial charge in [-0.05, 0) is 92.3 Å². The van der Waals surface area contributed by atoms with E-state index in [0.29, 0.717) is 16.2 Å². The summed E-state index contributed by atoms with van der Waals surface area (Å²) in [5.41, 5.74) is 0.925. The SMILES string of the molecule is C[C@]12CC[C@H](O)CC1CCC1C2CC[C@]2(C)C(Cl)CCC12. The Morgan fingerprint density at radius 3 is 2.38 bits per heavy atom. The summed E-state index contributed by atoms with van der Waals surface area (Å²) in [4.78, 5) is 0. The number of halogens is 1. The van der Waals surface area contributed by atoms with Crippen LogP contribution in [-0.2, 0) is 0 Å². The highest BCUT2D eigenvalue weighted by molar-refractivity contribution is 6.21. The Labute approximate surface area is 134 Å². The Morgan fingerprint density at radius 1 is 0.857 bits per heavy atom. The van der Waals surface area contributed by atoms with E-state index in [1.165, 1.54) is 44.9 Å². The van der Waals surface area contributed by atoms with Gasteiger partial charge in [-0.3, -0.25) is 0 Å². The van der Waals surface area contributed by atoms with Crippen LogP contribution >= 0.6 is 11.6 Å². The number of aliphatic hydroxyl groups excluding tert-OH is 1. The van der Waals surface area contributed by atoms with Crippen molar-refractivity contribution in [3.8, 4) is 0 Å². The second kappa shape index (κ2) is 4.87. The predicted octanol–water partition coefficient (Wildman–Crippen LogP) is 5.00. The normalized spacial score (nSPS) is 60.0. The molecule has 0 spiro atoms. The molecule has 4 saturated carbocycles. The summed E-state index contributed by atoms with van der Waals surface area (Å²) in [7, 11) is 0. The van der Waals surface area contributed by atoms with Crippen molar-refractivity contribution in [3.05, 3.63) is 0 Å². The molecule has 0 amide bonds. The minimum atomic E-state index is -0.0211. The third-order valence-corrected chi connectivity index (χ3v) is 9.24. The van der Waals surface area contributed by atoms with Crippen molar-refractivity contribution < 1.29 is 5.11 Å². The van der Waals surface area contributed by atoms with Crippen molar-refractivity contribution in [2.75, 3.05) is 0 Å². The molecule has 0 aliphatic heterocycles. The maximum Gasteiger partial charge on any atom is 0.0543 e. The average molecular weight is 311 g/mol. The molecule has 0 aromatic rings. The van der Waals surface area contributed by atoms with Gasteiger partial charge in [-0.15, -0.1) is 11.6 Å². The first-order chi connectivity index (χ1) is 9.95. The molecule has 0 heterocycles. The summed E-state index contributed by atoms with van der Waals surface area (Å²) in [6, 6.07) is 0. The second-order valence-corrected chi connectivity index (χ2v) is 9.70. The standard InChI is InChI=1S/C19H31ClO/c1-18-9-7-13(21)11-12(18)3-4-14-15-5-6-17(20)19(15,2)10-8-16(14)18/h12-17,21H,3-11H2,1-2H3/t12?,13-,14?,15?,16?,17?,18-,19-/m0/s1. The van der Waals surface area contributed by atoms with Crippen molar-refractivity contribution in [1.82, 2.24) is 0 Å². The van der Waals surface area contributed by atoms with Crippen LogP contribution in [0.3, 0.4) is 0 Å². The number of hydrogen-bond acceptors (Lipinski definition) is 1. The number of alkyl halides is 1. The quantitative estimate of drug-likeness (QED) is 0.624. The van der Waals surface area contributed by atoms with Gasteiger partial charge in [0.15, 0.2) is 0 Å². The molecule has 4 fully saturated rings. The Balaban J connectivity index is 1.62. The largest absolute Gasteiger partial charge is 0.393 e. The van der Waals surface area contributed by atoms with Gasteiger partial charge in [0.25, 0.3) is 0 Å². The molecular formula is C19H31ClO. The number of hydrogen-bond donors (Lipinski definition) is 1. The Bertz CT molecular complexity index is 424. The predicted molar refractivity (Wildman–Crippen MR) is 87.4 cm³/mol. The molecular weight excluding hydrogens is 280 g/mol. The summed E-state index contributed by atoms with van der Waals surface area (Å²) >= 11 is 6.72.